The summed E-state index contributed by atoms with van der Waals surface area (Å²) in [6.07, 6.45) is 4.83. The Bertz CT molecular complexity index is 867. The lowest BCUT2D eigenvalue weighted by atomic mass is 10.1. The maximum absolute atomic E-state index is 12.0. The molecule has 0 aliphatic carbocycles. The van der Waals surface area contributed by atoms with Crippen LogP contribution in [0.4, 0.5) is 0 Å². The molecule has 0 fully saturated rings. The fraction of sp³-hybridized carbons (Fsp3) is 0.217. The number of benzene rings is 2. The SMILES string of the molecule is C=CCOc1cccc(OCCCOc2ccc(/C=C/C(=O)O)cc2)c1C(C)=O. The zero-order valence-corrected chi connectivity index (χ0v) is 16.3. The van der Waals surface area contributed by atoms with Crippen molar-refractivity contribution in [3.63, 3.8) is 0 Å². The zero-order chi connectivity index (χ0) is 21.1. The highest BCUT2D eigenvalue weighted by Gasteiger charge is 2.15. The van der Waals surface area contributed by atoms with Gasteiger partial charge in [-0.1, -0.05) is 30.9 Å². The predicted octanol–water partition coefficient (Wildman–Crippen LogP) is 4.40. The van der Waals surface area contributed by atoms with Crippen molar-refractivity contribution in [1.82, 2.24) is 0 Å². The molecular formula is C23H24O6. The van der Waals surface area contributed by atoms with Gasteiger partial charge in [-0.25, -0.2) is 4.79 Å². The summed E-state index contributed by atoms with van der Waals surface area (Å²) in [5.41, 5.74) is 1.19. The lowest BCUT2D eigenvalue weighted by Crippen LogP contribution is -2.09. The van der Waals surface area contributed by atoms with E-state index in [9.17, 15) is 9.59 Å². The molecule has 2 aromatic rings. The Kier molecular flexibility index (Phi) is 8.51. The summed E-state index contributed by atoms with van der Waals surface area (Å²) in [6.45, 7) is 6.20. The Morgan fingerprint density at radius 3 is 2.28 bits per heavy atom. The maximum Gasteiger partial charge on any atom is 0.328 e. The number of ether oxygens (including phenoxy) is 3. The summed E-state index contributed by atoms with van der Waals surface area (Å²) < 4.78 is 16.9. The number of Topliss-reactive ketones (excluding diaryl/α,β-unsaturated/α-hetero) is 1. The largest absolute Gasteiger partial charge is 0.493 e. The number of aliphatic carboxylic acids is 1. The van der Waals surface area contributed by atoms with Gasteiger partial charge < -0.3 is 19.3 Å². The minimum Gasteiger partial charge on any atom is -0.493 e. The highest BCUT2D eigenvalue weighted by molar-refractivity contribution is 5.99. The van der Waals surface area contributed by atoms with Gasteiger partial charge in [-0.15, -0.1) is 0 Å². The van der Waals surface area contributed by atoms with Crippen LogP contribution in [0, 0.1) is 0 Å². The van der Waals surface area contributed by atoms with Crippen molar-refractivity contribution in [2.45, 2.75) is 13.3 Å². The van der Waals surface area contributed by atoms with Gasteiger partial charge in [-0.05, 0) is 42.8 Å². The average Bonchev–Trinajstić information content (AvgIpc) is 2.71. The second kappa shape index (κ2) is 11.3. The van der Waals surface area contributed by atoms with Crippen molar-refractivity contribution in [2.24, 2.45) is 0 Å². The summed E-state index contributed by atoms with van der Waals surface area (Å²) in [5, 5.41) is 8.63. The molecule has 0 saturated carbocycles. The summed E-state index contributed by atoms with van der Waals surface area (Å²) >= 11 is 0. The van der Waals surface area contributed by atoms with Gasteiger partial charge in [0.15, 0.2) is 5.78 Å². The van der Waals surface area contributed by atoms with E-state index in [2.05, 4.69) is 6.58 Å². The van der Waals surface area contributed by atoms with Crippen LogP contribution >= 0.6 is 0 Å². The maximum atomic E-state index is 12.0. The Morgan fingerprint density at radius 1 is 1.00 bits per heavy atom. The lowest BCUT2D eigenvalue weighted by Gasteiger charge is -2.14. The summed E-state index contributed by atoms with van der Waals surface area (Å²) in [5.74, 6) is 0.516. The molecule has 0 spiro atoms. The van der Waals surface area contributed by atoms with E-state index in [0.717, 1.165) is 11.6 Å². The number of hydrogen-bond donors (Lipinski definition) is 1. The molecule has 0 saturated heterocycles. The van der Waals surface area contributed by atoms with Crippen LogP contribution in [0.15, 0.2) is 61.2 Å². The second-order valence-electron chi connectivity index (χ2n) is 6.08. The van der Waals surface area contributed by atoms with Crippen molar-refractivity contribution in [1.29, 1.82) is 0 Å². The molecule has 0 aliphatic rings. The molecule has 29 heavy (non-hydrogen) atoms. The molecule has 2 aromatic carbocycles. The highest BCUT2D eigenvalue weighted by Crippen LogP contribution is 2.29. The molecule has 0 amide bonds. The zero-order valence-electron chi connectivity index (χ0n) is 16.3. The minimum absolute atomic E-state index is 0.132. The molecule has 152 valence electrons. The van der Waals surface area contributed by atoms with E-state index >= 15 is 0 Å². The topological polar surface area (TPSA) is 82.1 Å². The van der Waals surface area contributed by atoms with Gasteiger partial charge in [0.1, 0.15) is 29.4 Å². The molecular weight excluding hydrogens is 372 g/mol. The number of carbonyl (C=O) groups is 2. The smallest absolute Gasteiger partial charge is 0.328 e. The molecule has 6 nitrogen and oxygen atoms in total. The van der Waals surface area contributed by atoms with Crippen molar-refractivity contribution in [3.05, 3.63) is 72.3 Å². The molecule has 1 N–H and O–H groups in total. The Labute approximate surface area is 170 Å². The molecule has 2 rings (SSSR count). The quantitative estimate of drug-likeness (QED) is 0.248. The van der Waals surface area contributed by atoms with Gasteiger partial charge in [0.2, 0.25) is 0 Å². The van der Waals surface area contributed by atoms with Gasteiger partial charge >= 0.3 is 5.97 Å². The molecule has 0 aliphatic heterocycles. The third-order valence-electron chi connectivity index (χ3n) is 3.81. The molecule has 0 heterocycles. The Balaban J connectivity index is 1.84. The van der Waals surface area contributed by atoms with E-state index < -0.39 is 5.97 Å². The van der Waals surface area contributed by atoms with Crippen LogP contribution in [-0.2, 0) is 4.79 Å². The first kappa shape index (κ1) is 21.8. The number of hydrogen-bond acceptors (Lipinski definition) is 5. The van der Waals surface area contributed by atoms with Gasteiger partial charge in [0.25, 0.3) is 0 Å². The number of carboxylic acid groups (broad SMARTS) is 1. The third-order valence-corrected chi connectivity index (χ3v) is 3.81. The van der Waals surface area contributed by atoms with Crippen LogP contribution < -0.4 is 14.2 Å². The fourth-order valence-electron chi connectivity index (χ4n) is 2.52. The molecule has 0 unspecified atom stereocenters. The van der Waals surface area contributed by atoms with E-state index in [0.29, 0.717) is 49.1 Å². The van der Waals surface area contributed by atoms with E-state index in [1.165, 1.54) is 13.0 Å². The van der Waals surface area contributed by atoms with Crippen LogP contribution in [0.2, 0.25) is 0 Å². The van der Waals surface area contributed by atoms with Crippen molar-refractivity contribution in [3.8, 4) is 17.2 Å². The van der Waals surface area contributed by atoms with Crippen LogP contribution in [0.1, 0.15) is 29.3 Å². The second-order valence-corrected chi connectivity index (χ2v) is 6.08. The van der Waals surface area contributed by atoms with Gasteiger partial charge in [0, 0.05) is 12.5 Å². The average molecular weight is 396 g/mol. The molecule has 6 heteroatoms. The molecule has 0 atom stereocenters. The van der Waals surface area contributed by atoms with Gasteiger partial charge in [0.05, 0.1) is 13.2 Å². The van der Waals surface area contributed by atoms with Crippen molar-refractivity contribution < 1.29 is 28.9 Å². The van der Waals surface area contributed by atoms with E-state index in [1.54, 1.807) is 48.5 Å². The predicted molar refractivity (Wildman–Crippen MR) is 111 cm³/mol. The minimum atomic E-state index is -0.990. The number of carboxylic acids is 1. The summed E-state index contributed by atoms with van der Waals surface area (Å²) in [4.78, 5) is 22.5. The van der Waals surface area contributed by atoms with Crippen LogP contribution in [-0.4, -0.2) is 36.7 Å². The first-order chi connectivity index (χ1) is 14.0. The number of rotatable bonds is 12. The lowest BCUT2D eigenvalue weighted by molar-refractivity contribution is -0.131. The molecule has 0 bridgehead atoms. The van der Waals surface area contributed by atoms with Crippen molar-refractivity contribution >= 4 is 17.8 Å². The van der Waals surface area contributed by atoms with Crippen LogP contribution in [0.3, 0.4) is 0 Å². The first-order valence-corrected chi connectivity index (χ1v) is 9.15. The Morgan fingerprint density at radius 2 is 1.66 bits per heavy atom. The number of ketones is 1. The third kappa shape index (κ3) is 7.18. The van der Waals surface area contributed by atoms with Gasteiger partial charge in [-0.3, -0.25) is 4.79 Å². The first-order valence-electron chi connectivity index (χ1n) is 9.15. The highest BCUT2D eigenvalue weighted by atomic mass is 16.5. The van der Waals surface area contributed by atoms with Crippen LogP contribution in [0.25, 0.3) is 6.08 Å². The monoisotopic (exact) mass is 396 g/mol. The molecule has 0 radical (unpaired) electrons. The standard InChI is InChI=1S/C23H24O6/c1-3-14-28-20-6-4-7-21(23(20)17(2)24)29-16-5-15-27-19-11-8-18(9-12-19)10-13-22(25)26/h3-4,6-13H,1,5,14-16H2,2H3,(H,25,26)/b13-10+. The van der Waals surface area contributed by atoms with Gasteiger partial charge in [-0.2, -0.15) is 0 Å². The van der Waals surface area contributed by atoms with E-state index in [4.69, 9.17) is 19.3 Å². The Hall–Kier alpha value is -3.54. The van der Waals surface area contributed by atoms with E-state index in [-0.39, 0.29) is 5.78 Å². The normalized spacial score (nSPS) is 10.5. The summed E-state index contributed by atoms with van der Waals surface area (Å²) in [7, 11) is 0. The fourth-order valence-corrected chi connectivity index (χ4v) is 2.52. The molecule has 0 aromatic heterocycles. The summed E-state index contributed by atoms with van der Waals surface area (Å²) in [6, 6.07) is 12.3. The van der Waals surface area contributed by atoms with Crippen LogP contribution in [0.5, 0.6) is 17.2 Å². The van der Waals surface area contributed by atoms with Crippen molar-refractivity contribution in [2.75, 3.05) is 19.8 Å². The van der Waals surface area contributed by atoms with E-state index in [1.807, 2.05) is 0 Å². The number of carbonyl (C=O) groups excluding carboxylic acids is 1.